The van der Waals surface area contributed by atoms with E-state index >= 15 is 0 Å². The van der Waals surface area contributed by atoms with Gasteiger partial charge in [0, 0.05) is 7.11 Å². The molecule has 25 heavy (non-hydrogen) atoms. The zero-order valence-electron chi connectivity index (χ0n) is 13.3. The number of ether oxygens (including phenoxy) is 3. The molecule has 4 atom stereocenters. The van der Waals surface area contributed by atoms with Gasteiger partial charge in [0.15, 0.2) is 22.5 Å². The molecule has 0 aromatic carbocycles. The molecule has 1 aliphatic rings. The third kappa shape index (κ3) is 3.23. The zero-order valence-corrected chi connectivity index (χ0v) is 14.2. The first-order chi connectivity index (χ1) is 12.0. The minimum absolute atomic E-state index is 0.0281. The fourth-order valence-corrected chi connectivity index (χ4v) is 3.06. The molecule has 5 N–H and O–H groups in total. The van der Waals surface area contributed by atoms with E-state index < -0.39 is 36.7 Å². The molecule has 0 bridgehead atoms. The van der Waals surface area contributed by atoms with Gasteiger partial charge in [0.05, 0.1) is 19.8 Å². The van der Waals surface area contributed by atoms with Gasteiger partial charge < -0.3 is 30.2 Å². The number of rotatable bonds is 6. The fraction of sp³-hybridized carbons (Fsp3) is 0.615. The summed E-state index contributed by atoms with van der Waals surface area (Å²) in [6, 6.07) is 0. The molecule has 0 radical (unpaired) electrons. The molecule has 12 heteroatoms. The van der Waals surface area contributed by atoms with Crippen molar-refractivity contribution in [2.75, 3.05) is 32.7 Å². The smallest absolute Gasteiger partial charge is 0.280 e. The molecule has 2 aromatic rings. The van der Waals surface area contributed by atoms with Crippen molar-refractivity contribution in [2.45, 2.75) is 29.7 Å². The minimum atomic E-state index is -1.10. The maximum absolute atomic E-state index is 12.0. The number of nitrogen functional groups attached to an aromatic ring is 1. The van der Waals surface area contributed by atoms with Gasteiger partial charge in [0.2, 0.25) is 5.95 Å². The summed E-state index contributed by atoms with van der Waals surface area (Å²) < 4.78 is 17.7. The van der Waals surface area contributed by atoms with Crippen LogP contribution >= 0.6 is 12.6 Å². The Kier molecular flexibility index (Phi) is 5.27. The number of hydrogen-bond acceptors (Lipinski definition) is 10. The summed E-state index contributed by atoms with van der Waals surface area (Å²) in [7, 11) is 1.52. The molecule has 2 aromatic heterocycles. The van der Waals surface area contributed by atoms with Crippen LogP contribution in [0.15, 0.2) is 9.95 Å². The normalized spacial score (nSPS) is 26.6. The highest BCUT2D eigenvalue weighted by Gasteiger charge is 2.46. The number of nitrogens with zero attached hydrogens (tertiary/aromatic N) is 3. The Morgan fingerprint density at radius 2 is 2.20 bits per heavy atom. The summed E-state index contributed by atoms with van der Waals surface area (Å²) in [6.07, 6.45) is -3.73. The van der Waals surface area contributed by atoms with Crippen molar-refractivity contribution in [1.82, 2.24) is 19.5 Å². The van der Waals surface area contributed by atoms with Crippen LogP contribution in [0.1, 0.15) is 6.23 Å². The lowest BCUT2D eigenvalue weighted by Crippen LogP contribution is -2.36. The predicted octanol–water partition coefficient (Wildman–Crippen LogP) is -1.73. The highest BCUT2D eigenvalue weighted by molar-refractivity contribution is 7.80. The molecule has 1 aliphatic heterocycles. The van der Waals surface area contributed by atoms with Crippen molar-refractivity contribution >= 4 is 29.7 Å². The van der Waals surface area contributed by atoms with Gasteiger partial charge in [-0.15, -0.1) is 12.6 Å². The summed E-state index contributed by atoms with van der Waals surface area (Å²) in [6.45, 7) is 0.0937. The first-order valence-corrected chi connectivity index (χ1v) is 7.94. The largest absolute Gasteiger partial charge is 0.394 e. The van der Waals surface area contributed by atoms with E-state index in [1.165, 1.54) is 11.7 Å². The topological polar surface area (TPSA) is 158 Å². The number of nitrogens with two attached hydrogens (primary N) is 1. The maximum Gasteiger partial charge on any atom is 0.280 e. The standard InChI is InChI=1S/C13H19N5O6S/c1-22-2-3-23-8-7(20)5(4-19)24-11(8)18-9-6(15-13(18)25)10(21)17-12(14)16-9/h5,7-8,11,19-20H,2-4H2,1H3,(H,15,25)(H3,14,16,17,21). The maximum atomic E-state index is 12.0. The summed E-state index contributed by atoms with van der Waals surface area (Å²) >= 11 is 4.27. The lowest BCUT2D eigenvalue weighted by molar-refractivity contribution is -0.0817. The molecule has 1 fully saturated rings. The average molecular weight is 373 g/mol. The zero-order chi connectivity index (χ0) is 18.1. The third-order valence-corrected chi connectivity index (χ3v) is 4.21. The second-order valence-electron chi connectivity index (χ2n) is 5.47. The van der Waals surface area contributed by atoms with Gasteiger partial charge in [-0.25, -0.2) is 4.98 Å². The van der Waals surface area contributed by atoms with Crippen molar-refractivity contribution in [2.24, 2.45) is 0 Å². The minimum Gasteiger partial charge on any atom is -0.394 e. The van der Waals surface area contributed by atoms with Gasteiger partial charge in [-0.05, 0) is 0 Å². The Bertz CT molecular complexity index is 810. The van der Waals surface area contributed by atoms with Crippen LogP contribution in [0.4, 0.5) is 5.95 Å². The molecular formula is C13H19N5O6S. The van der Waals surface area contributed by atoms with E-state index in [1.807, 2.05) is 0 Å². The van der Waals surface area contributed by atoms with Crippen LogP contribution in [0.2, 0.25) is 0 Å². The van der Waals surface area contributed by atoms with Crippen molar-refractivity contribution in [1.29, 1.82) is 0 Å². The van der Waals surface area contributed by atoms with Gasteiger partial charge in [0.25, 0.3) is 5.56 Å². The number of anilines is 1. The van der Waals surface area contributed by atoms with E-state index in [0.717, 1.165) is 0 Å². The molecule has 11 nitrogen and oxygen atoms in total. The Balaban J connectivity index is 2.04. The van der Waals surface area contributed by atoms with E-state index in [0.29, 0.717) is 6.61 Å². The summed E-state index contributed by atoms with van der Waals surface area (Å²) in [5, 5.41) is 19.9. The van der Waals surface area contributed by atoms with Crippen molar-refractivity contribution in [3.63, 3.8) is 0 Å². The van der Waals surface area contributed by atoms with Gasteiger partial charge in [0.1, 0.15) is 18.3 Å². The molecule has 0 amide bonds. The van der Waals surface area contributed by atoms with E-state index in [4.69, 9.17) is 19.9 Å². The molecule has 1 saturated heterocycles. The van der Waals surface area contributed by atoms with Gasteiger partial charge in [-0.1, -0.05) is 0 Å². The SMILES string of the molecule is COCCOC1C(O)C(CO)OC1n1c(S)nc2c(=O)[nH]c(N)nc21. The van der Waals surface area contributed by atoms with Crippen molar-refractivity contribution in [3.8, 4) is 0 Å². The second kappa shape index (κ2) is 7.27. The van der Waals surface area contributed by atoms with Gasteiger partial charge in [-0.2, -0.15) is 4.98 Å². The van der Waals surface area contributed by atoms with Gasteiger partial charge in [-0.3, -0.25) is 14.3 Å². The lowest BCUT2D eigenvalue weighted by atomic mass is 10.1. The Labute approximate surface area is 147 Å². The Morgan fingerprint density at radius 3 is 2.88 bits per heavy atom. The van der Waals surface area contributed by atoms with E-state index in [-0.39, 0.29) is 28.9 Å². The predicted molar refractivity (Wildman–Crippen MR) is 88.4 cm³/mol. The molecule has 0 aliphatic carbocycles. The Morgan fingerprint density at radius 1 is 1.44 bits per heavy atom. The van der Waals surface area contributed by atoms with E-state index in [9.17, 15) is 15.0 Å². The number of hydrogen-bond donors (Lipinski definition) is 5. The molecule has 0 saturated carbocycles. The van der Waals surface area contributed by atoms with Crippen molar-refractivity contribution < 1.29 is 24.4 Å². The van der Waals surface area contributed by atoms with Crippen LogP contribution in [0, 0.1) is 0 Å². The number of fused-ring (bicyclic) bond motifs is 1. The average Bonchev–Trinajstić information content (AvgIpc) is 3.05. The van der Waals surface area contributed by atoms with Crippen LogP contribution in [0.25, 0.3) is 11.2 Å². The summed E-state index contributed by atoms with van der Waals surface area (Å²) in [5.41, 5.74) is 5.25. The third-order valence-electron chi connectivity index (χ3n) is 3.90. The summed E-state index contributed by atoms with van der Waals surface area (Å²) in [4.78, 5) is 22.5. The molecular weight excluding hydrogens is 354 g/mol. The highest BCUT2D eigenvalue weighted by atomic mass is 32.1. The molecule has 4 unspecified atom stereocenters. The van der Waals surface area contributed by atoms with Crippen LogP contribution in [-0.4, -0.2) is 75.0 Å². The van der Waals surface area contributed by atoms with E-state index in [1.54, 1.807) is 0 Å². The first-order valence-electron chi connectivity index (χ1n) is 7.49. The number of nitrogens with one attached hydrogen (secondary N) is 1. The number of aromatic nitrogens is 4. The van der Waals surface area contributed by atoms with Crippen molar-refractivity contribution in [3.05, 3.63) is 10.4 Å². The number of imidazole rings is 1. The first kappa shape index (κ1) is 18.1. The number of aliphatic hydroxyl groups is 2. The quantitative estimate of drug-likeness (QED) is 0.293. The van der Waals surface area contributed by atoms with Crippen LogP contribution in [-0.2, 0) is 14.2 Å². The molecule has 3 rings (SSSR count). The monoisotopic (exact) mass is 373 g/mol. The highest BCUT2D eigenvalue weighted by Crippen LogP contribution is 2.35. The number of H-pyrrole nitrogens is 1. The van der Waals surface area contributed by atoms with Gasteiger partial charge >= 0.3 is 0 Å². The molecule has 138 valence electrons. The second-order valence-corrected chi connectivity index (χ2v) is 5.87. The van der Waals surface area contributed by atoms with Crippen LogP contribution in [0.3, 0.4) is 0 Å². The number of thiol groups is 1. The summed E-state index contributed by atoms with van der Waals surface area (Å²) in [5.74, 6) is -0.0962. The fourth-order valence-electron chi connectivity index (χ4n) is 2.75. The van der Waals surface area contributed by atoms with Crippen LogP contribution in [0.5, 0.6) is 0 Å². The Hall–Kier alpha value is -1.70. The van der Waals surface area contributed by atoms with E-state index in [2.05, 4.69) is 27.6 Å². The van der Waals surface area contributed by atoms with Crippen LogP contribution < -0.4 is 11.3 Å². The molecule has 0 spiro atoms. The molecule has 3 heterocycles. The lowest BCUT2D eigenvalue weighted by Gasteiger charge is -2.22. The number of aliphatic hydroxyl groups excluding tert-OH is 2. The number of methoxy groups -OCH3 is 1. The number of aromatic amines is 1.